The van der Waals surface area contributed by atoms with Gasteiger partial charge in [0.15, 0.2) is 0 Å². The van der Waals surface area contributed by atoms with Crippen molar-refractivity contribution < 1.29 is 18.7 Å². The summed E-state index contributed by atoms with van der Waals surface area (Å²) in [6.45, 7) is 0.564. The van der Waals surface area contributed by atoms with E-state index in [9.17, 15) is 9.18 Å². The molecule has 3 rings (SSSR count). The molecule has 0 fully saturated rings. The molecule has 0 heterocycles. The van der Waals surface area contributed by atoms with Crippen LogP contribution in [0.1, 0.15) is 10.4 Å². The maximum Gasteiger partial charge on any atom is 0.255 e. The van der Waals surface area contributed by atoms with Crippen LogP contribution in [0.5, 0.6) is 11.5 Å². The molecule has 0 spiro atoms. The second-order valence-corrected chi connectivity index (χ2v) is 5.81. The van der Waals surface area contributed by atoms with E-state index in [1.54, 1.807) is 0 Å². The maximum atomic E-state index is 13.4. The minimum Gasteiger partial charge on any atom is -0.496 e. The van der Waals surface area contributed by atoms with Crippen molar-refractivity contribution in [2.45, 2.75) is 0 Å². The molecule has 27 heavy (non-hydrogen) atoms. The van der Waals surface area contributed by atoms with Gasteiger partial charge in [-0.25, -0.2) is 4.39 Å². The van der Waals surface area contributed by atoms with Gasteiger partial charge in [0, 0.05) is 5.56 Å². The number of nitrogens with one attached hydrogen (secondary N) is 1. The van der Waals surface area contributed by atoms with Gasteiger partial charge in [-0.15, -0.1) is 0 Å². The Morgan fingerprint density at radius 3 is 2.48 bits per heavy atom. The SMILES string of the molecule is COc1ccc(F)cc1C(=O)NCCOc1ccccc1-c1ccccc1. The lowest BCUT2D eigenvalue weighted by atomic mass is 10.1. The van der Waals surface area contributed by atoms with E-state index in [2.05, 4.69) is 5.32 Å². The molecule has 138 valence electrons. The standard InChI is InChI=1S/C22H20FNO3/c1-26-20-12-11-17(23)15-19(20)22(25)24-13-14-27-21-10-6-5-9-18(21)16-7-3-2-4-8-16/h2-12,15H,13-14H2,1H3,(H,24,25). The monoisotopic (exact) mass is 365 g/mol. The summed E-state index contributed by atoms with van der Waals surface area (Å²) in [6.07, 6.45) is 0. The van der Waals surface area contributed by atoms with Gasteiger partial charge in [-0.05, 0) is 29.8 Å². The highest BCUT2D eigenvalue weighted by molar-refractivity contribution is 5.96. The Kier molecular flexibility index (Phi) is 6.05. The third-order valence-electron chi connectivity index (χ3n) is 4.02. The Morgan fingerprint density at radius 1 is 0.963 bits per heavy atom. The molecule has 0 aliphatic rings. The third-order valence-corrected chi connectivity index (χ3v) is 4.02. The van der Waals surface area contributed by atoms with E-state index >= 15 is 0 Å². The molecule has 0 radical (unpaired) electrons. The number of carbonyl (C=O) groups excluding carboxylic acids is 1. The van der Waals surface area contributed by atoms with Gasteiger partial charge in [0.2, 0.25) is 0 Å². The molecule has 3 aromatic carbocycles. The van der Waals surface area contributed by atoms with Crippen LogP contribution in [-0.2, 0) is 0 Å². The minimum atomic E-state index is -0.492. The normalized spacial score (nSPS) is 10.3. The van der Waals surface area contributed by atoms with Gasteiger partial charge >= 0.3 is 0 Å². The average molecular weight is 365 g/mol. The number of ether oxygens (including phenoxy) is 2. The summed E-state index contributed by atoms with van der Waals surface area (Å²) in [5, 5.41) is 2.72. The molecule has 1 amide bonds. The summed E-state index contributed by atoms with van der Waals surface area (Å²) in [6, 6.07) is 21.5. The van der Waals surface area contributed by atoms with E-state index in [0.717, 1.165) is 22.9 Å². The van der Waals surface area contributed by atoms with Crippen molar-refractivity contribution >= 4 is 5.91 Å². The van der Waals surface area contributed by atoms with Crippen molar-refractivity contribution in [3.63, 3.8) is 0 Å². The zero-order valence-electron chi connectivity index (χ0n) is 14.9. The number of para-hydroxylation sites is 1. The quantitative estimate of drug-likeness (QED) is 0.635. The lowest BCUT2D eigenvalue weighted by Crippen LogP contribution is -2.28. The molecular weight excluding hydrogens is 345 g/mol. The van der Waals surface area contributed by atoms with Gasteiger partial charge in [-0.3, -0.25) is 4.79 Å². The van der Waals surface area contributed by atoms with Crippen LogP contribution in [0, 0.1) is 5.82 Å². The largest absolute Gasteiger partial charge is 0.496 e. The number of hydrogen-bond donors (Lipinski definition) is 1. The van der Waals surface area contributed by atoms with E-state index < -0.39 is 11.7 Å². The summed E-state index contributed by atoms with van der Waals surface area (Å²) in [5.74, 6) is 0.158. The summed E-state index contributed by atoms with van der Waals surface area (Å²) in [4.78, 5) is 12.3. The van der Waals surface area contributed by atoms with Crippen LogP contribution in [0.4, 0.5) is 4.39 Å². The first-order chi connectivity index (χ1) is 13.2. The van der Waals surface area contributed by atoms with Crippen LogP contribution in [0.3, 0.4) is 0 Å². The molecule has 0 unspecified atom stereocenters. The van der Waals surface area contributed by atoms with Gasteiger partial charge in [-0.2, -0.15) is 0 Å². The Bertz CT molecular complexity index is 912. The summed E-state index contributed by atoms with van der Waals surface area (Å²) >= 11 is 0. The summed E-state index contributed by atoms with van der Waals surface area (Å²) in [7, 11) is 1.44. The first-order valence-electron chi connectivity index (χ1n) is 8.58. The van der Waals surface area contributed by atoms with Crippen molar-refractivity contribution in [3.8, 4) is 22.6 Å². The summed E-state index contributed by atoms with van der Waals surface area (Å²) in [5.41, 5.74) is 2.19. The van der Waals surface area contributed by atoms with Crippen LogP contribution < -0.4 is 14.8 Å². The zero-order valence-corrected chi connectivity index (χ0v) is 14.9. The molecular formula is C22H20FNO3. The van der Waals surface area contributed by atoms with E-state index in [1.165, 1.54) is 19.2 Å². The lowest BCUT2D eigenvalue weighted by Gasteiger charge is -2.13. The van der Waals surface area contributed by atoms with Crippen molar-refractivity contribution in [2.75, 3.05) is 20.3 Å². The van der Waals surface area contributed by atoms with Gasteiger partial charge in [0.25, 0.3) is 5.91 Å². The highest BCUT2D eigenvalue weighted by Crippen LogP contribution is 2.29. The fourth-order valence-corrected chi connectivity index (χ4v) is 2.73. The first kappa shape index (κ1) is 18.5. The molecule has 0 aliphatic carbocycles. The van der Waals surface area contributed by atoms with Gasteiger partial charge in [0.05, 0.1) is 19.2 Å². The highest BCUT2D eigenvalue weighted by atomic mass is 19.1. The smallest absolute Gasteiger partial charge is 0.255 e. The number of amides is 1. The van der Waals surface area contributed by atoms with E-state index in [4.69, 9.17) is 9.47 Å². The van der Waals surface area contributed by atoms with Gasteiger partial charge in [-0.1, -0.05) is 48.5 Å². The van der Waals surface area contributed by atoms with Gasteiger partial charge < -0.3 is 14.8 Å². The Morgan fingerprint density at radius 2 is 1.70 bits per heavy atom. The topological polar surface area (TPSA) is 47.6 Å². The molecule has 0 saturated carbocycles. The maximum absolute atomic E-state index is 13.4. The second-order valence-electron chi connectivity index (χ2n) is 5.81. The predicted molar refractivity (Wildman–Crippen MR) is 103 cm³/mol. The molecule has 3 aromatic rings. The Labute approximate surface area is 157 Å². The second kappa shape index (κ2) is 8.85. The summed E-state index contributed by atoms with van der Waals surface area (Å²) < 4.78 is 24.3. The first-order valence-corrected chi connectivity index (χ1v) is 8.58. The molecule has 0 aliphatic heterocycles. The van der Waals surface area contributed by atoms with Crippen molar-refractivity contribution in [1.82, 2.24) is 5.32 Å². The average Bonchev–Trinajstić information content (AvgIpc) is 2.72. The van der Waals surface area contributed by atoms with Crippen LogP contribution in [0.2, 0.25) is 0 Å². The van der Waals surface area contributed by atoms with Crippen molar-refractivity contribution in [2.24, 2.45) is 0 Å². The van der Waals surface area contributed by atoms with Crippen LogP contribution >= 0.6 is 0 Å². The molecule has 4 nitrogen and oxygen atoms in total. The number of benzene rings is 3. The highest BCUT2D eigenvalue weighted by Gasteiger charge is 2.13. The molecule has 0 saturated heterocycles. The Hall–Kier alpha value is -3.34. The fourth-order valence-electron chi connectivity index (χ4n) is 2.73. The zero-order chi connectivity index (χ0) is 19.1. The number of rotatable bonds is 7. The van der Waals surface area contributed by atoms with Gasteiger partial charge in [0.1, 0.15) is 23.9 Å². The number of methoxy groups -OCH3 is 1. The predicted octanol–water partition coefficient (Wildman–Crippen LogP) is 4.31. The molecule has 1 N–H and O–H groups in total. The molecule has 0 bridgehead atoms. The lowest BCUT2D eigenvalue weighted by molar-refractivity contribution is 0.0943. The fraction of sp³-hybridized carbons (Fsp3) is 0.136. The number of hydrogen-bond acceptors (Lipinski definition) is 3. The van der Waals surface area contributed by atoms with Crippen LogP contribution in [0.25, 0.3) is 11.1 Å². The minimum absolute atomic E-state index is 0.155. The van der Waals surface area contributed by atoms with E-state index in [1.807, 2.05) is 54.6 Å². The van der Waals surface area contributed by atoms with Crippen LogP contribution in [-0.4, -0.2) is 26.2 Å². The van der Waals surface area contributed by atoms with E-state index in [-0.39, 0.29) is 18.7 Å². The van der Waals surface area contributed by atoms with E-state index in [0.29, 0.717) is 5.75 Å². The Balaban J connectivity index is 1.60. The number of halogens is 1. The van der Waals surface area contributed by atoms with Crippen LogP contribution in [0.15, 0.2) is 72.8 Å². The number of carbonyl (C=O) groups is 1. The molecule has 0 atom stereocenters. The van der Waals surface area contributed by atoms with Crippen molar-refractivity contribution in [1.29, 1.82) is 0 Å². The molecule has 5 heteroatoms. The molecule has 0 aromatic heterocycles. The third kappa shape index (κ3) is 4.64. The van der Waals surface area contributed by atoms with Crippen molar-refractivity contribution in [3.05, 3.63) is 84.2 Å².